The highest BCUT2D eigenvalue weighted by Crippen LogP contribution is 2.38. The zero-order chi connectivity index (χ0) is 12.8. The van der Waals surface area contributed by atoms with Gasteiger partial charge in [0.1, 0.15) is 0 Å². The van der Waals surface area contributed by atoms with Gasteiger partial charge in [-0.2, -0.15) is 13.2 Å². The van der Waals surface area contributed by atoms with Gasteiger partial charge in [-0.3, -0.25) is 4.90 Å². The van der Waals surface area contributed by atoms with Gasteiger partial charge in [0, 0.05) is 30.6 Å². The maximum atomic E-state index is 12.6. The van der Waals surface area contributed by atoms with E-state index in [0.717, 1.165) is 19.5 Å². The van der Waals surface area contributed by atoms with E-state index in [-0.39, 0.29) is 6.04 Å². The molecule has 2 aliphatic heterocycles. The van der Waals surface area contributed by atoms with Gasteiger partial charge in [-0.05, 0) is 23.4 Å². The van der Waals surface area contributed by atoms with E-state index in [0.29, 0.717) is 6.54 Å². The molecule has 100 valence electrons. The minimum atomic E-state index is -4.08. The van der Waals surface area contributed by atoms with Crippen LogP contribution in [0.25, 0.3) is 0 Å². The molecule has 2 nitrogen and oxygen atoms in total. The van der Waals surface area contributed by atoms with Gasteiger partial charge in [0.05, 0.1) is 12.5 Å². The molecule has 0 spiro atoms. The highest BCUT2D eigenvalue weighted by atomic mass is 32.1. The first-order chi connectivity index (χ1) is 8.54. The van der Waals surface area contributed by atoms with Gasteiger partial charge in [-0.25, -0.2) is 0 Å². The van der Waals surface area contributed by atoms with Crippen molar-refractivity contribution >= 4 is 11.3 Å². The van der Waals surface area contributed by atoms with E-state index in [1.54, 1.807) is 11.3 Å². The van der Waals surface area contributed by atoms with Gasteiger partial charge < -0.3 is 5.32 Å². The van der Waals surface area contributed by atoms with Crippen LogP contribution in [0.15, 0.2) is 11.4 Å². The number of piperazine rings is 1. The van der Waals surface area contributed by atoms with Crippen molar-refractivity contribution in [2.45, 2.75) is 31.1 Å². The minimum Gasteiger partial charge on any atom is -0.313 e. The molecule has 3 heterocycles. The smallest absolute Gasteiger partial charge is 0.313 e. The second kappa shape index (κ2) is 4.51. The first-order valence-corrected chi connectivity index (χ1v) is 7.02. The molecule has 1 saturated heterocycles. The summed E-state index contributed by atoms with van der Waals surface area (Å²) in [5.41, 5.74) is 1.32. The van der Waals surface area contributed by atoms with Crippen LogP contribution in [0.5, 0.6) is 0 Å². The Balaban J connectivity index is 1.82. The lowest BCUT2D eigenvalue weighted by molar-refractivity contribution is -0.151. The summed E-state index contributed by atoms with van der Waals surface area (Å²) in [6.07, 6.45) is -3.91. The average Bonchev–Trinajstić information content (AvgIpc) is 2.75. The van der Waals surface area contributed by atoms with Crippen LogP contribution >= 0.6 is 11.3 Å². The minimum absolute atomic E-state index is 0.134. The number of alkyl halides is 3. The fourth-order valence-corrected chi connectivity index (χ4v) is 4.09. The molecule has 0 amide bonds. The van der Waals surface area contributed by atoms with Gasteiger partial charge in [-0.15, -0.1) is 11.3 Å². The number of nitrogens with zero attached hydrogens (tertiary/aromatic N) is 1. The van der Waals surface area contributed by atoms with Crippen LogP contribution in [-0.4, -0.2) is 36.8 Å². The summed E-state index contributed by atoms with van der Waals surface area (Å²) in [6, 6.07) is 1.82. The Morgan fingerprint density at radius 1 is 1.39 bits per heavy atom. The van der Waals surface area contributed by atoms with Crippen molar-refractivity contribution < 1.29 is 13.2 Å². The van der Waals surface area contributed by atoms with Gasteiger partial charge in [0.25, 0.3) is 0 Å². The summed E-state index contributed by atoms with van der Waals surface area (Å²) in [5.74, 6) is 0. The van der Waals surface area contributed by atoms with Crippen LogP contribution in [0.4, 0.5) is 13.2 Å². The summed E-state index contributed by atoms with van der Waals surface area (Å²) in [6.45, 7) is 1.95. The summed E-state index contributed by atoms with van der Waals surface area (Å²) >= 11 is 1.67. The molecule has 6 heteroatoms. The van der Waals surface area contributed by atoms with E-state index >= 15 is 0 Å². The molecule has 1 fully saturated rings. The van der Waals surface area contributed by atoms with E-state index in [9.17, 15) is 13.2 Å². The fraction of sp³-hybridized carbons (Fsp3) is 0.667. The molecule has 1 aromatic rings. The first-order valence-electron chi connectivity index (χ1n) is 6.14. The zero-order valence-electron chi connectivity index (χ0n) is 9.83. The molecular weight excluding hydrogens is 261 g/mol. The molecule has 0 saturated carbocycles. The van der Waals surface area contributed by atoms with Crippen molar-refractivity contribution in [3.8, 4) is 0 Å². The summed E-state index contributed by atoms with van der Waals surface area (Å²) in [5, 5.41) is 5.20. The molecule has 2 atom stereocenters. The zero-order valence-corrected chi connectivity index (χ0v) is 10.7. The Morgan fingerprint density at radius 3 is 3.00 bits per heavy atom. The molecule has 2 unspecified atom stereocenters. The lowest BCUT2D eigenvalue weighted by atomic mass is 9.95. The van der Waals surface area contributed by atoms with Crippen molar-refractivity contribution in [2.24, 2.45) is 0 Å². The number of hydrogen-bond donors (Lipinski definition) is 1. The Labute approximate surface area is 108 Å². The second-order valence-corrected chi connectivity index (χ2v) is 5.89. The van der Waals surface area contributed by atoms with E-state index in [1.165, 1.54) is 10.4 Å². The lowest BCUT2D eigenvalue weighted by Crippen LogP contribution is -2.56. The van der Waals surface area contributed by atoms with Gasteiger partial charge in [-0.1, -0.05) is 0 Å². The van der Waals surface area contributed by atoms with Gasteiger partial charge >= 0.3 is 6.18 Å². The molecule has 0 aromatic carbocycles. The van der Waals surface area contributed by atoms with Crippen molar-refractivity contribution in [3.63, 3.8) is 0 Å². The Kier molecular flexibility index (Phi) is 3.11. The van der Waals surface area contributed by atoms with E-state index in [4.69, 9.17) is 0 Å². The molecule has 0 bridgehead atoms. The monoisotopic (exact) mass is 276 g/mol. The van der Waals surface area contributed by atoms with Crippen molar-refractivity contribution in [2.75, 3.05) is 19.6 Å². The molecule has 1 N–H and O–H groups in total. The number of fused-ring (bicyclic) bond motifs is 3. The quantitative estimate of drug-likeness (QED) is 0.848. The van der Waals surface area contributed by atoms with E-state index in [2.05, 4.69) is 11.4 Å². The van der Waals surface area contributed by atoms with Gasteiger partial charge in [0.2, 0.25) is 0 Å². The summed E-state index contributed by atoms with van der Waals surface area (Å²) in [4.78, 5) is 3.30. The molecule has 3 rings (SSSR count). The maximum absolute atomic E-state index is 12.6. The highest BCUT2D eigenvalue weighted by molar-refractivity contribution is 7.10. The number of nitrogens with one attached hydrogen (secondary N) is 1. The number of thiophene rings is 1. The molecule has 18 heavy (non-hydrogen) atoms. The maximum Gasteiger partial charge on any atom is 0.390 e. The summed E-state index contributed by atoms with van der Waals surface area (Å²) < 4.78 is 37.7. The Morgan fingerprint density at radius 2 is 2.22 bits per heavy atom. The molecule has 0 aliphatic carbocycles. The van der Waals surface area contributed by atoms with Crippen LogP contribution in [0, 0.1) is 0 Å². The highest BCUT2D eigenvalue weighted by Gasteiger charge is 2.41. The van der Waals surface area contributed by atoms with Crippen molar-refractivity contribution in [1.82, 2.24) is 10.2 Å². The Bertz CT molecular complexity index is 429. The van der Waals surface area contributed by atoms with E-state index < -0.39 is 18.6 Å². The third-order valence-electron chi connectivity index (χ3n) is 3.78. The largest absolute Gasteiger partial charge is 0.390 e. The van der Waals surface area contributed by atoms with Crippen LogP contribution in [0.3, 0.4) is 0 Å². The normalized spacial score (nSPS) is 28.8. The lowest BCUT2D eigenvalue weighted by Gasteiger charge is -2.45. The SMILES string of the molecule is FC(F)(F)CC1CNCC2c3sccc3CCN12. The molecule has 1 aromatic heterocycles. The first kappa shape index (κ1) is 12.4. The second-order valence-electron chi connectivity index (χ2n) is 4.95. The fourth-order valence-electron chi connectivity index (χ4n) is 3.01. The third kappa shape index (κ3) is 2.29. The topological polar surface area (TPSA) is 15.3 Å². The van der Waals surface area contributed by atoms with E-state index in [1.807, 2.05) is 10.3 Å². The number of halogens is 3. The van der Waals surface area contributed by atoms with Gasteiger partial charge in [0.15, 0.2) is 0 Å². The predicted molar refractivity (Wildman–Crippen MR) is 64.8 cm³/mol. The average molecular weight is 276 g/mol. The van der Waals surface area contributed by atoms with Crippen LogP contribution in [0.2, 0.25) is 0 Å². The third-order valence-corrected chi connectivity index (χ3v) is 4.84. The molecular formula is C12H15F3N2S. The van der Waals surface area contributed by atoms with Crippen molar-refractivity contribution in [3.05, 3.63) is 21.9 Å². The molecule has 2 aliphatic rings. The standard InChI is InChI=1S/C12H15F3N2S/c13-12(14,15)5-9-6-16-7-10-11-8(2-4-18-11)1-3-17(9)10/h2,4,9-10,16H,1,3,5-7H2. The van der Waals surface area contributed by atoms with Crippen LogP contribution in [-0.2, 0) is 6.42 Å². The van der Waals surface area contributed by atoms with Crippen LogP contribution in [0.1, 0.15) is 22.9 Å². The van der Waals surface area contributed by atoms with Crippen molar-refractivity contribution in [1.29, 1.82) is 0 Å². The Hall–Kier alpha value is -0.590. The number of rotatable bonds is 1. The summed E-state index contributed by atoms with van der Waals surface area (Å²) in [7, 11) is 0. The predicted octanol–water partition coefficient (Wildman–Crippen LogP) is 2.57. The molecule has 0 radical (unpaired) electrons. The number of hydrogen-bond acceptors (Lipinski definition) is 3. The van der Waals surface area contributed by atoms with Crippen LogP contribution < -0.4 is 5.32 Å².